The quantitative estimate of drug-likeness (QED) is 0.0320. The van der Waals surface area contributed by atoms with Gasteiger partial charge in [-0.3, -0.25) is 9.59 Å². The fourth-order valence-electron chi connectivity index (χ4n) is 11.8. The number of hydrogen-bond donors (Lipinski definition) is 3. The third-order valence-electron chi connectivity index (χ3n) is 17.5. The van der Waals surface area contributed by atoms with Crippen molar-refractivity contribution in [2.24, 2.45) is 0 Å². The van der Waals surface area contributed by atoms with Gasteiger partial charge >= 0.3 is 5.97 Å². The monoisotopic (exact) mass is 1140 g/mol. The Morgan fingerprint density at radius 1 is 0.333 bits per heavy atom. The second-order valence-corrected chi connectivity index (χ2v) is 25.6. The molecule has 0 spiro atoms. The van der Waals surface area contributed by atoms with Crippen molar-refractivity contribution < 1.29 is 24.5 Å². The maximum atomic E-state index is 12.5. The number of carbonyl (C=O) groups excluding carboxylic acids is 2. The van der Waals surface area contributed by atoms with Gasteiger partial charge in [0, 0.05) is 12.8 Å². The predicted octanol–water partition coefficient (Wildman–Crippen LogP) is 24.1. The Kier molecular flexibility index (Phi) is 69.4. The van der Waals surface area contributed by atoms with Crippen molar-refractivity contribution in [2.45, 2.75) is 431 Å². The summed E-state index contributed by atoms with van der Waals surface area (Å²) in [7, 11) is 0. The maximum Gasteiger partial charge on any atom is 0.305 e. The number of aliphatic hydroxyl groups excluding tert-OH is 2. The number of rotatable bonds is 70. The number of ether oxygens (including phenoxy) is 1. The zero-order valence-electron chi connectivity index (χ0n) is 55.0. The molecule has 480 valence electrons. The smallest absolute Gasteiger partial charge is 0.305 e. The van der Waals surface area contributed by atoms with Gasteiger partial charge in [0.2, 0.25) is 5.91 Å². The van der Waals surface area contributed by atoms with Crippen LogP contribution in [0.25, 0.3) is 0 Å². The van der Waals surface area contributed by atoms with Gasteiger partial charge in [0.1, 0.15) is 0 Å². The van der Waals surface area contributed by atoms with Crippen LogP contribution < -0.4 is 5.32 Å². The van der Waals surface area contributed by atoms with Crippen LogP contribution in [0.2, 0.25) is 0 Å². The molecule has 0 aliphatic heterocycles. The van der Waals surface area contributed by atoms with Crippen LogP contribution in [0, 0.1) is 0 Å². The molecule has 6 heteroatoms. The highest BCUT2D eigenvalue weighted by Gasteiger charge is 2.20. The van der Waals surface area contributed by atoms with E-state index in [0.717, 1.165) is 44.9 Å². The Bertz CT molecular complexity index is 1270. The summed E-state index contributed by atoms with van der Waals surface area (Å²) in [5.41, 5.74) is 0. The Balaban J connectivity index is 3.30. The first-order valence-corrected chi connectivity index (χ1v) is 37.1. The standard InChI is InChI=1S/C75H145NO5/c1-3-5-7-9-11-13-15-16-17-42-45-49-53-57-61-65-69-75(80)81-70-66-62-58-54-50-46-43-40-38-36-34-32-30-28-26-24-22-20-18-19-21-23-25-27-29-31-33-35-37-39-41-44-48-52-56-60-64-68-74(79)76-72(71-77)73(78)67-63-59-55-51-47-14-12-10-8-6-4-2/h17-18,20,42,72-73,77-78H,3-16,19,21-41,43-71H2,1-2H3,(H,76,79)/b20-18-,42-17-. The molecule has 0 bridgehead atoms. The van der Waals surface area contributed by atoms with E-state index in [1.807, 2.05) is 0 Å². The van der Waals surface area contributed by atoms with Crippen LogP contribution in [0.5, 0.6) is 0 Å². The van der Waals surface area contributed by atoms with Crippen molar-refractivity contribution in [2.75, 3.05) is 13.2 Å². The summed E-state index contributed by atoms with van der Waals surface area (Å²) in [5, 5.41) is 23.2. The van der Waals surface area contributed by atoms with Gasteiger partial charge in [-0.25, -0.2) is 0 Å². The van der Waals surface area contributed by atoms with Crippen molar-refractivity contribution in [1.29, 1.82) is 0 Å². The number of hydrogen-bond acceptors (Lipinski definition) is 5. The fraction of sp³-hybridized carbons (Fsp3) is 0.920. The van der Waals surface area contributed by atoms with E-state index < -0.39 is 12.1 Å². The highest BCUT2D eigenvalue weighted by atomic mass is 16.5. The summed E-state index contributed by atoms with van der Waals surface area (Å²) >= 11 is 0. The van der Waals surface area contributed by atoms with Crippen LogP contribution in [0.3, 0.4) is 0 Å². The highest BCUT2D eigenvalue weighted by Crippen LogP contribution is 2.19. The number of nitrogens with one attached hydrogen (secondary N) is 1. The molecule has 0 rings (SSSR count). The first-order valence-electron chi connectivity index (χ1n) is 37.1. The van der Waals surface area contributed by atoms with Gasteiger partial charge in [0.05, 0.1) is 25.4 Å². The molecule has 2 atom stereocenters. The van der Waals surface area contributed by atoms with Gasteiger partial charge in [0.15, 0.2) is 0 Å². The molecule has 0 radical (unpaired) electrons. The van der Waals surface area contributed by atoms with E-state index in [1.54, 1.807) is 0 Å². The van der Waals surface area contributed by atoms with Gasteiger partial charge in [-0.2, -0.15) is 0 Å². The van der Waals surface area contributed by atoms with Crippen molar-refractivity contribution in [1.82, 2.24) is 5.32 Å². The van der Waals surface area contributed by atoms with Crippen LogP contribution >= 0.6 is 0 Å². The van der Waals surface area contributed by atoms with Crippen LogP contribution in [-0.4, -0.2) is 47.4 Å². The number of aliphatic hydroxyl groups is 2. The molecule has 1 amide bonds. The van der Waals surface area contributed by atoms with Crippen LogP contribution in [0.15, 0.2) is 24.3 Å². The number of amides is 1. The van der Waals surface area contributed by atoms with E-state index in [9.17, 15) is 19.8 Å². The number of unbranched alkanes of at least 4 members (excludes halogenated alkanes) is 55. The molecular weight excluding hydrogens is 995 g/mol. The number of allylic oxidation sites excluding steroid dienone is 4. The van der Waals surface area contributed by atoms with Gasteiger partial charge < -0.3 is 20.3 Å². The van der Waals surface area contributed by atoms with E-state index in [0.29, 0.717) is 25.9 Å². The molecule has 0 aromatic carbocycles. The first-order chi connectivity index (χ1) is 40.0. The van der Waals surface area contributed by atoms with Crippen LogP contribution in [0.1, 0.15) is 418 Å². The molecule has 0 aromatic rings. The first kappa shape index (κ1) is 79.3. The number of carbonyl (C=O) groups is 2. The van der Waals surface area contributed by atoms with Gasteiger partial charge in [-0.1, -0.05) is 353 Å². The predicted molar refractivity (Wildman–Crippen MR) is 356 cm³/mol. The lowest BCUT2D eigenvalue weighted by atomic mass is 10.0. The second kappa shape index (κ2) is 70.8. The van der Waals surface area contributed by atoms with Gasteiger partial charge in [-0.15, -0.1) is 0 Å². The maximum absolute atomic E-state index is 12.5. The van der Waals surface area contributed by atoms with E-state index in [-0.39, 0.29) is 18.5 Å². The largest absolute Gasteiger partial charge is 0.466 e. The van der Waals surface area contributed by atoms with E-state index >= 15 is 0 Å². The lowest BCUT2D eigenvalue weighted by Gasteiger charge is -2.22. The van der Waals surface area contributed by atoms with Crippen LogP contribution in [0.4, 0.5) is 0 Å². The van der Waals surface area contributed by atoms with Gasteiger partial charge in [0.25, 0.3) is 0 Å². The summed E-state index contributed by atoms with van der Waals surface area (Å²) in [6.07, 6.45) is 89.8. The molecule has 0 aliphatic rings. The molecule has 3 N–H and O–H groups in total. The van der Waals surface area contributed by atoms with E-state index in [4.69, 9.17) is 4.74 Å². The Labute approximate surface area is 507 Å². The third kappa shape index (κ3) is 67.3. The Hall–Kier alpha value is -1.66. The SMILES string of the molecule is CCCCCCCCC/C=C\CCCCCCCC(=O)OCCCCCCCCCCCCCCCCCC/C=C\CCCCCCCCCCCCCCCCCCCC(=O)NC(CO)C(O)CCCCCCCCCCCCC. The molecule has 6 nitrogen and oxygen atoms in total. The third-order valence-corrected chi connectivity index (χ3v) is 17.5. The van der Waals surface area contributed by atoms with E-state index in [1.165, 1.54) is 340 Å². The van der Waals surface area contributed by atoms with Crippen molar-refractivity contribution in [3.8, 4) is 0 Å². The minimum absolute atomic E-state index is 0.0147. The molecule has 0 saturated heterocycles. The summed E-state index contributed by atoms with van der Waals surface area (Å²) in [4.78, 5) is 24.6. The molecule has 0 fully saturated rings. The Morgan fingerprint density at radius 3 is 0.877 bits per heavy atom. The van der Waals surface area contributed by atoms with E-state index in [2.05, 4.69) is 43.5 Å². The normalized spacial score (nSPS) is 12.6. The summed E-state index contributed by atoms with van der Waals surface area (Å²) in [5.74, 6) is -0.0152. The summed E-state index contributed by atoms with van der Waals surface area (Å²) in [6.45, 7) is 4.97. The Morgan fingerprint density at radius 2 is 0.580 bits per heavy atom. The minimum Gasteiger partial charge on any atom is -0.466 e. The second-order valence-electron chi connectivity index (χ2n) is 25.6. The minimum atomic E-state index is -0.659. The van der Waals surface area contributed by atoms with Crippen molar-refractivity contribution >= 4 is 11.9 Å². The summed E-state index contributed by atoms with van der Waals surface area (Å²) < 4.78 is 5.50. The molecule has 81 heavy (non-hydrogen) atoms. The van der Waals surface area contributed by atoms with Gasteiger partial charge in [-0.05, 0) is 77.0 Å². The molecule has 0 heterocycles. The van der Waals surface area contributed by atoms with Crippen molar-refractivity contribution in [3.63, 3.8) is 0 Å². The molecule has 0 aromatic heterocycles. The average Bonchev–Trinajstić information content (AvgIpc) is 3.47. The zero-order chi connectivity index (χ0) is 58.5. The fourth-order valence-corrected chi connectivity index (χ4v) is 11.8. The zero-order valence-corrected chi connectivity index (χ0v) is 55.0. The lowest BCUT2D eigenvalue weighted by molar-refractivity contribution is -0.143. The van der Waals surface area contributed by atoms with Crippen molar-refractivity contribution in [3.05, 3.63) is 24.3 Å². The average molecular weight is 1140 g/mol. The van der Waals surface area contributed by atoms with Crippen LogP contribution in [-0.2, 0) is 14.3 Å². The molecule has 0 saturated carbocycles. The molecule has 0 aliphatic carbocycles. The highest BCUT2D eigenvalue weighted by molar-refractivity contribution is 5.76. The number of esters is 1. The molecule has 2 unspecified atom stereocenters. The lowest BCUT2D eigenvalue weighted by Crippen LogP contribution is -2.45. The summed E-state index contributed by atoms with van der Waals surface area (Å²) in [6, 6.07) is -0.536. The topological polar surface area (TPSA) is 95.9 Å². The molecular formula is C75H145NO5.